The molecule has 3 nitrogen and oxygen atoms in total. The fraction of sp³-hybridized carbons (Fsp3) is 0.625. The smallest absolute Gasteiger partial charge is 0.0818 e. The fourth-order valence-corrected chi connectivity index (χ4v) is 3.03. The molecule has 1 aliphatic carbocycles. The van der Waals surface area contributed by atoms with Gasteiger partial charge in [-0.2, -0.15) is 0 Å². The standard InChI is InChI=1S/C16H25ClN2O.2ClH/c17-13-6-4-5-12(9-13)10-15(18)16(20)11-19-14-7-2-1-3-8-14;;/h4-6,9,14-16,19-20H,1-3,7-8,10-11,18H2;2*1H/t15-,16+;;/m0../s1. The molecule has 0 unspecified atom stereocenters. The Hall–Kier alpha value is -0.0300. The molecule has 2 rings (SSSR count). The third-order valence-corrected chi connectivity index (χ3v) is 4.31. The number of aliphatic hydroxyl groups is 1. The Kier molecular flexibility index (Phi) is 11.5. The number of hydrogen-bond donors (Lipinski definition) is 3. The van der Waals surface area contributed by atoms with Crippen LogP contribution in [0.15, 0.2) is 24.3 Å². The van der Waals surface area contributed by atoms with Gasteiger partial charge in [-0.3, -0.25) is 0 Å². The van der Waals surface area contributed by atoms with Gasteiger partial charge in [-0.1, -0.05) is 43.0 Å². The van der Waals surface area contributed by atoms with Crippen molar-refractivity contribution in [1.29, 1.82) is 0 Å². The molecule has 1 saturated carbocycles. The van der Waals surface area contributed by atoms with Gasteiger partial charge in [0.05, 0.1) is 6.10 Å². The molecule has 0 saturated heterocycles. The van der Waals surface area contributed by atoms with E-state index in [0.29, 0.717) is 24.0 Å². The largest absolute Gasteiger partial charge is 0.390 e. The first-order valence-electron chi connectivity index (χ1n) is 7.56. The van der Waals surface area contributed by atoms with Crippen LogP contribution in [0, 0.1) is 0 Å². The van der Waals surface area contributed by atoms with E-state index in [0.717, 1.165) is 5.56 Å². The summed E-state index contributed by atoms with van der Waals surface area (Å²) in [5.41, 5.74) is 7.15. The van der Waals surface area contributed by atoms with E-state index in [2.05, 4.69) is 5.32 Å². The number of halogens is 3. The Bertz CT molecular complexity index is 414. The molecule has 0 aromatic heterocycles. The van der Waals surface area contributed by atoms with E-state index < -0.39 is 6.10 Å². The molecule has 1 aliphatic rings. The number of benzene rings is 1. The molecule has 1 aromatic carbocycles. The van der Waals surface area contributed by atoms with Gasteiger partial charge in [0.2, 0.25) is 0 Å². The molecule has 22 heavy (non-hydrogen) atoms. The van der Waals surface area contributed by atoms with E-state index in [9.17, 15) is 5.11 Å². The molecule has 1 fully saturated rings. The van der Waals surface area contributed by atoms with E-state index in [1.807, 2.05) is 24.3 Å². The molecule has 0 radical (unpaired) electrons. The highest BCUT2D eigenvalue weighted by atomic mass is 35.5. The van der Waals surface area contributed by atoms with E-state index in [1.165, 1.54) is 32.1 Å². The van der Waals surface area contributed by atoms with Gasteiger partial charge in [0.25, 0.3) is 0 Å². The topological polar surface area (TPSA) is 58.3 Å². The first-order valence-corrected chi connectivity index (χ1v) is 7.94. The summed E-state index contributed by atoms with van der Waals surface area (Å²) in [6.07, 6.45) is 6.50. The lowest BCUT2D eigenvalue weighted by Crippen LogP contribution is -2.46. The van der Waals surface area contributed by atoms with Gasteiger partial charge in [0, 0.05) is 23.7 Å². The first kappa shape index (κ1) is 22.0. The van der Waals surface area contributed by atoms with Crippen LogP contribution in [-0.2, 0) is 6.42 Å². The van der Waals surface area contributed by atoms with E-state index in [-0.39, 0.29) is 30.9 Å². The highest BCUT2D eigenvalue weighted by Crippen LogP contribution is 2.17. The number of nitrogens with two attached hydrogens (primary N) is 1. The summed E-state index contributed by atoms with van der Waals surface area (Å²) in [6, 6.07) is 7.95. The zero-order valence-electron chi connectivity index (χ0n) is 12.7. The molecule has 2 atom stereocenters. The monoisotopic (exact) mass is 368 g/mol. The maximum absolute atomic E-state index is 10.2. The highest BCUT2D eigenvalue weighted by Gasteiger charge is 2.18. The van der Waals surface area contributed by atoms with Gasteiger partial charge >= 0.3 is 0 Å². The van der Waals surface area contributed by atoms with Crippen molar-refractivity contribution in [2.45, 2.75) is 56.7 Å². The molecule has 6 heteroatoms. The summed E-state index contributed by atoms with van der Waals surface area (Å²) in [4.78, 5) is 0. The van der Waals surface area contributed by atoms with Gasteiger partial charge in [-0.05, 0) is 37.0 Å². The zero-order valence-corrected chi connectivity index (χ0v) is 15.1. The fourth-order valence-electron chi connectivity index (χ4n) is 2.82. The second-order valence-electron chi connectivity index (χ2n) is 5.81. The molecular formula is C16H27Cl3N2O. The maximum atomic E-state index is 10.2. The van der Waals surface area contributed by atoms with Crippen LogP contribution in [0.25, 0.3) is 0 Å². The Balaban J connectivity index is 0.00000220. The predicted octanol–water partition coefficient (Wildman–Crippen LogP) is 3.34. The van der Waals surface area contributed by atoms with E-state index in [4.69, 9.17) is 17.3 Å². The van der Waals surface area contributed by atoms with Crippen molar-refractivity contribution in [3.05, 3.63) is 34.9 Å². The van der Waals surface area contributed by atoms with Crippen LogP contribution >= 0.6 is 36.4 Å². The van der Waals surface area contributed by atoms with Crippen LogP contribution < -0.4 is 11.1 Å². The molecule has 0 amide bonds. The predicted molar refractivity (Wildman–Crippen MR) is 98.5 cm³/mol. The zero-order chi connectivity index (χ0) is 14.4. The van der Waals surface area contributed by atoms with Gasteiger partial charge in [-0.15, -0.1) is 24.8 Å². The summed E-state index contributed by atoms with van der Waals surface area (Å²) in [5.74, 6) is 0. The van der Waals surface area contributed by atoms with Crippen LogP contribution in [-0.4, -0.2) is 29.8 Å². The second kappa shape index (κ2) is 11.5. The Morgan fingerprint density at radius 2 is 1.91 bits per heavy atom. The number of aliphatic hydroxyl groups excluding tert-OH is 1. The minimum absolute atomic E-state index is 0. The van der Waals surface area contributed by atoms with Crippen LogP contribution in [0.4, 0.5) is 0 Å². The molecule has 0 spiro atoms. The van der Waals surface area contributed by atoms with E-state index >= 15 is 0 Å². The number of hydrogen-bond acceptors (Lipinski definition) is 3. The summed E-state index contributed by atoms with van der Waals surface area (Å²) < 4.78 is 0. The summed E-state index contributed by atoms with van der Waals surface area (Å²) in [6.45, 7) is 0.576. The third-order valence-electron chi connectivity index (χ3n) is 4.08. The van der Waals surface area contributed by atoms with Gasteiger partial charge in [0.15, 0.2) is 0 Å². The van der Waals surface area contributed by atoms with E-state index in [1.54, 1.807) is 0 Å². The SMILES string of the molecule is Cl.Cl.N[C@@H](Cc1cccc(Cl)c1)[C@H](O)CNC1CCCCC1. The first-order chi connectivity index (χ1) is 9.65. The average Bonchev–Trinajstić information content (AvgIpc) is 2.46. The molecule has 0 aliphatic heterocycles. The maximum Gasteiger partial charge on any atom is 0.0818 e. The minimum Gasteiger partial charge on any atom is -0.390 e. The average molecular weight is 370 g/mol. The van der Waals surface area contributed by atoms with Crippen molar-refractivity contribution in [1.82, 2.24) is 5.32 Å². The number of nitrogens with one attached hydrogen (secondary N) is 1. The highest BCUT2D eigenvalue weighted by molar-refractivity contribution is 6.30. The lowest BCUT2D eigenvalue weighted by atomic mass is 9.95. The Labute approximate surface area is 150 Å². The molecule has 0 bridgehead atoms. The van der Waals surface area contributed by atoms with Crippen molar-refractivity contribution >= 4 is 36.4 Å². The van der Waals surface area contributed by atoms with Crippen LogP contribution in [0.2, 0.25) is 5.02 Å². The quantitative estimate of drug-likeness (QED) is 0.721. The normalized spacial score (nSPS) is 18.0. The lowest BCUT2D eigenvalue weighted by Gasteiger charge is -2.26. The third kappa shape index (κ3) is 7.49. The molecule has 4 N–H and O–H groups in total. The Morgan fingerprint density at radius 1 is 1.23 bits per heavy atom. The second-order valence-corrected chi connectivity index (χ2v) is 6.24. The molecule has 0 heterocycles. The van der Waals surface area contributed by atoms with Crippen LogP contribution in [0.3, 0.4) is 0 Å². The summed E-state index contributed by atoms with van der Waals surface area (Å²) in [5, 5.41) is 14.3. The minimum atomic E-state index is -0.518. The van der Waals surface area contributed by atoms with Gasteiger partial charge in [-0.25, -0.2) is 0 Å². The summed E-state index contributed by atoms with van der Waals surface area (Å²) >= 11 is 5.95. The van der Waals surface area contributed by atoms with Gasteiger partial charge in [0.1, 0.15) is 0 Å². The van der Waals surface area contributed by atoms with Crippen molar-refractivity contribution in [3.8, 4) is 0 Å². The molecule has 1 aromatic rings. The van der Waals surface area contributed by atoms with Crippen molar-refractivity contribution in [2.75, 3.05) is 6.54 Å². The molecule has 128 valence electrons. The molecular weight excluding hydrogens is 343 g/mol. The lowest BCUT2D eigenvalue weighted by molar-refractivity contribution is 0.135. The van der Waals surface area contributed by atoms with Gasteiger partial charge < -0.3 is 16.2 Å². The van der Waals surface area contributed by atoms with Crippen molar-refractivity contribution < 1.29 is 5.11 Å². The van der Waals surface area contributed by atoms with Crippen LogP contribution in [0.1, 0.15) is 37.7 Å². The van der Waals surface area contributed by atoms with Crippen molar-refractivity contribution in [3.63, 3.8) is 0 Å². The van der Waals surface area contributed by atoms with Crippen LogP contribution in [0.5, 0.6) is 0 Å². The number of rotatable bonds is 6. The summed E-state index contributed by atoms with van der Waals surface area (Å²) in [7, 11) is 0. The van der Waals surface area contributed by atoms with Crippen molar-refractivity contribution in [2.24, 2.45) is 5.73 Å². The Morgan fingerprint density at radius 3 is 2.55 bits per heavy atom.